The molecule has 0 saturated heterocycles. The largest absolute Gasteiger partial charge is 0.497 e. The fourth-order valence-electron chi connectivity index (χ4n) is 2.35. The number of H-pyrrole nitrogens is 1. The van der Waals surface area contributed by atoms with Crippen LogP contribution in [0.15, 0.2) is 56.7 Å². The lowest BCUT2D eigenvalue weighted by molar-refractivity contribution is -0.409. The van der Waals surface area contributed by atoms with E-state index in [1.807, 2.05) is 0 Å². The Morgan fingerprint density at radius 2 is 2.04 bits per heavy atom. The quantitative estimate of drug-likeness (QED) is 0.524. The van der Waals surface area contributed by atoms with Crippen LogP contribution in [0.3, 0.4) is 0 Å². The molecule has 0 aliphatic carbocycles. The molecule has 0 saturated carbocycles. The smallest absolute Gasteiger partial charge is 0.417 e. The van der Waals surface area contributed by atoms with Gasteiger partial charge in [0.15, 0.2) is 5.58 Å². The average molecular weight is 374 g/mol. The lowest BCUT2D eigenvalue weighted by Gasteiger charge is -2.03. The highest BCUT2D eigenvalue weighted by Gasteiger charge is 2.20. The normalized spacial score (nSPS) is 12.9. The molecule has 1 N–H and O–H groups in total. The van der Waals surface area contributed by atoms with Gasteiger partial charge >= 0.3 is 10.8 Å². The van der Waals surface area contributed by atoms with E-state index in [9.17, 15) is 19.1 Å². The Morgan fingerprint density at radius 1 is 1.31 bits per heavy atom. The van der Waals surface area contributed by atoms with Gasteiger partial charge in [-0.2, -0.15) is 0 Å². The van der Waals surface area contributed by atoms with Crippen molar-refractivity contribution in [2.24, 2.45) is 0 Å². The van der Waals surface area contributed by atoms with Crippen molar-refractivity contribution in [2.45, 2.75) is 5.75 Å². The lowest BCUT2D eigenvalue weighted by Crippen LogP contribution is -2.08. The van der Waals surface area contributed by atoms with E-state index >= 15 is 0 Å². The van der Waals surface area contributed by atoms with E-state index in [-0.39, 0.29) is 5.75 Å². The van der Waals surface area contributed by atoms with E-state index in [1.54, 1.807) is 30.3 Å². The van der Waals surface area contributed by atoms with Crippen molar-refractivity contribution in [1.29, 1.82) is 0 Å². The van der Waals surface area contributed by atoms with Gasteiger partial charge in [0.1, 0.15) is 16.5 Å². The minimum Gasteiger partial charge on any atom is -0.497 e. The molecular formula is C17H14N2O6S. The van der Waals surface area contributed by atoms with E-state index in [0.29, 0.717) is 28.0 Å². The van der Waals surface area contributed by atoms with Crippen molar-refractivity contribution in [3.63, 3.8) is 0 Å². The molecule has 3 aromatic rings. The topological polar surface area (TPSA) is 115 Å². The molecule has 1 heterocycles. The lowest BCUT2D eigenvalue weighted by atomic mass is 10.2. The van der Waals surface area contributed by atoms with Gasteiger partial charge in [-0.3, -0.25) is 15.1 Å². The van der Waals surface area contributed by atoms with Crippen LogP contribution in [0.25, 0.3) is 17.2 Å². The van der Waals surface area contributed by atoms with Crippen molar-refractivity contribution in [3.8, 4) is 5.75 Å². The molecule has 1 aromatic heterocycles. The minimum atomic E-state index is -1.85. The summed E-state index contributed by atoms with van der Waals surface area (Å²) in [6.45, 7) is 0. The number of benzene rings is 2. The third kappa shape index (κ3) is 3.89. The number of aromatic amines is 1. The molecule has 0 aliphatic heterocycles. The molecule has 0 aliphatic rings. The highest BCUT2D eigenvalue weighted by atomic mass is 32.2. The maximum atomic E-state index is 12.5. The van der Waals surface area contributed by atoms with Crippen molar-refractivity contribution >= 4 is 28.0 Å². The molecule has 0 radical (unpaired) electrons. The Hall–Kier alpha value is -3.20. The van der Waals surface area contributed by atoms with E-state index in [2.05, 4.69) is 4.98 Å². The van der Waals surface area contributed by atoms with E-state index in [1.165, 1.54) is 25.3 Å². The van der Waals surface area contributed by atoms with Gasteiger partial charge in [0.2, 0.25) is 0 Å². The zero-order chi connectivity index (χ0) is 18.7. The molecule has 8 nitrogen and oxygen atoms in total. The van der Waals surface area contributed by atoms with Gasteiger partial charge in [0, 0.05) is 6.08 Å². The van der Waals surface area contributed by atoms with Crippen LogP contribution in [0.4, 0.5) is 0 Å². The number of nitro groups is 1. The third-order valence-electron chi connectivity index (χ3n) is 3.60. The second-order valence-electron chi connectivity index (χ2n) is 5.35. The predicted molar refractivity (Wildman–Crippen MR) is 96.6 cm³/mol. The summed E-state index contributed by atoms with van der Waals surface area (Å²) >= 11 is 0. The van der Waals surface area contributed by atoms with Gasteiger partial charge in [0.05, 0.1) is 23.3 Å². The second-order valence-corrected chi connectivity index (χ2v) is 6.75. The summed E-state index contributed by atoms with van der Waals surface area (Å²) in [5.41, 5.74) is 1.87. The fourth-order valence-corrected chi connectivity index (χ4v) is 3.43. The Kier molecular flexibility index (Phi) is 4.99. The summed E-state index contributed by atoms with van der Waals surface area (Å²) in [4.78, 5) is 24.3. The van der Waals surface area contributed by atoms with Crippen LogP contribution in [-0.2, 0) is 16.6 Å². The van der Waals surface area contributed by atoms with Gasteiger partial charge in [0.25, 0.3) is 0 Å². The van der Waals surface area contributed by atoms with Crippen molar-refractivity contribution in [1.82, 2.24) is 4.98 Å². The first kappa shape index (κ1) is 17.6. The molecule has 0 fully saturated rings. The van der Waals surface area contributed by atoms with Gasteiger partial charge in [-0.1, -0.05) is 18.2 Å². The van der Waals surface area contributed by atoms with Crippen LogP contribution < -0.4 is 10.5 Å². The number of aromatic nitrogens is 1. The zero-order valence-corrected chi connectivity index (χ0v) is 14.4. The molecule has 0 bridgehead atoms. The Labute approximate surface area is 149 Å². The summed E-state index contributed by atoms with van der Waals surface area (Å²) in [5, 5.41) is 10.9. The van der Waals surface area contributed by atoms with Crippen molar-refractivity contribution in [3.05, 3.63) is 79.3 Å². The van der Waals surface area contributed by atoms with Crippen molar-refractivity contribution in [2.75, 3.05) is 7.11 Å². The highest BCUT2D eigenvalue weighted by Crippen LogP contribution is 2.19. The summed E-state index contributed by atoms with van der Waals surface area (Å²) < 4.78 is 22.4. The second kappa shape index (κ2) is 7.36. The first-order chi connectivity index (χ1) is 12.5. The first-order valence-electron chi connectivity index (χ1n) is 7.46. The molecule has 1 atom stereocenters. The van der Waals surface area contributed by atoms with Crippen LogP contribution in [0.2, 0.25) is 0 Å². The monoisotopic (exact) mass is 374 g/mol. The Morgan fingerprint density at radius 3 is 2.69 bits per heavy atom. The number of oxazole rings is 1. The van der Waals surface area contributed by atoms with Gasteiger partial charge < -0.3 is 9.15 Å². The summed E-state index contributed by atoms with van der Waals surface area (Å²) in [7, 11) is -0.318. The summed E-state index contributed by atoms with van der Waals surface area (Å²) in [6, 6.07) is 11.4. The van der Waals surface area contributed by atoms with Crippen LogP contribution in [0.1, 0.15) is 11.1 Å². The number of rotatable bonds is 6. The highest BCUT2D eigenvalue weighted by molar-refractivity contribution is 7.88. The van der Waals surface area contributed by atoms with Gasteiger partial charge in [-0.15, -0.1) is 0 Å². The first-order valence-corrected chi connectivity index (χ1v) is 8.78. The van der Waals surface area contributed by atoms with Crippen molar-refractivity contribution < 1.29 is 18.3 Å². The number of ether oxygens (including phenoxy) is 1. The van der Waals surface area contributed by atoms with E-state index in [0.717, 1.165) is 0 Å². The molecule has 0 amide bonds. The van der Waals surface area contributed by atoms with Crippen LogP contribution in [0.5, 0.6) is 5.75 Å². The fraction of sp³-hybridized carbons (Fsp3) is 0.118. The van der Waals surface area contributed by atoms with Crippen LogP contribution >= 0.6 is 0 Å². The average Bonchev–Trinajstić information content (AvgIpc) is 2.99. The molecule has 0 spiro atoms. The predicted octanol–water partition coefficient (Wildman–Crippen LogP) is 2.65. The maximum absolute atomic E-state index is 12.5. The number of fused-ring (bicyclic) bond motifs is 1. The van der Waals surface area contributed by atoms with Crippen LogP contribution in [0, 0.1) is 10.1 Å². The van der Waals surface area contributed by atoms with E-state index in [4.69, 9.17) is 9.15 Å². The molecule has 3 rings (SSSR count). The van der Waals surface area contributed by atoms with E-state index < -0.39 is 26.5 Å². The maximum Gasteiger partial charge on any atom is 0.417 e. The number of hydrogen-bond acceptors (Lipinski definition) is 6. The molecule has 2 aromatic carbocycles. The molecule has 134 valence electrons. The Bertz CT molecular complexity index is 1060. The molecule has 26 heavy (non-hydrogen) atoms. The standard InChI is InChI=1S/C17H14N2O6S/c1-24-13-5-2-11(3-6-13)10-26(23)16(19(21)22)9-12-4-7-15-14(8-12)18-17(20)25-15/h2-9H,10H2,1H3,(H,18,20)/b16-9-. The van der Waals surface area contributed by atoms with Gasteiger partial charge in [-0.25, -0.2) is 9.00 Å². The Balaban J connectivity index is 1.88. The minimum absolute atomic E-state index is 0.00158. The zero-order valence-electron chi connectivity index (χ0n) is 13.6. The third-order valence-corrected chi connectivity index (χ3v) is 4.93. The number of methoxy groups -OCH3 is 1. The number of nitrogens with zero attached hydrogens (tertiary/aromatic N) is 1. The van der Waals surface area contributed by atoms with Gasteiger partial charge in [-0.05, 0) is 35.4 Å². The number of nitrogens with one attached hydrogen (secondary N) is 1. The van der Waals surface area contributed by atoms with Crippen LogP contribution in [-0.4, -0.2) is 21.2 Å². The summed E-state index contributed by atoms with van der Waals surface area (Å²) in [6.07, 6.45) is 1.23. The SMILES string of the molecule is COc1ccc(CS(=O)/C(=C\c2ccc3oc(=O)[nH]c3c2)[N+](=O)[O-])cc1. The molecular weight excluding hydrogens is 360 g/mol. The molecule has 1 unspecified atom stereocenters. The summed E-state index contributed by atoms with van der Waals surface area (Å²) in [5.74, 6) is 0.0346. The number of hydrogen-bond donors (Lipinski definition) is 1. The molecule has 9 heteroatoms.